The summed E-state index contributed by atoms with van der Waals surface area (Å²) in [7, 11) is 3.19. The number of methoxy groups -OCH3 is 2. The predicted molar refractivity (Wildman–Crippen MR) is 276 cm³/mol. The minimum atomic E-state index is -0.497. The Hall–Kier alpha value is -8.70. The summed E-state index contributed by atoms with van der Waals surface area (Å²) in [5, 5.41) is 11.4. The number of carbonyl (C=O) groups excluding carboxylic acids is 6. The Balaban J connectivity index is 1.06. The average molecular weight is 969 g/mol. The largest absolute Gasteiger partial charge is 0.497 e. The van der Waals surface area contributed by atoms with Gasteiger partial charge in [0.25, 0.3) is 11.8 Å². The van der Waals surface area contributed by atoms with Crippen LogP contribution in [0.5, 0.6) is 11.5 Å². The molecule has 0 fully saturated rings. The molecule has 14 heteroatoms. The molecular formula is C58H60N6O8. The summed E-state index contributed by atoms with van der Waals surface area (Å²) in [5.74, 6) is 5.03. The second-order valence-electron chi connectivity index (χ2n) is 16.8. The molecule has 0 aliphatic heterocycles. The van der Waals surface area contributed by atoms with E-state index < -0.39 is 35.4 Å². The van der Waals surface area contributed by atoms with Crippen LogP contribution in [0.4, 0.5) is 0 Å². The van der Waals surface area contributed by atoms with E-state index in [1.54, 1.807) is 62.8 Å². The van der Waals surface area contributed by atoms with Crippen LogP contribution in [0.1, 0.15) is 54.1 Å². The Morgan fingerprint density at radius 1 is 0.375 bits per heavy atom. The molecule has 0 saturated carbocycles. The molecule has 0 bridgehead atoms. The minimum Gasteiger partial charge on any atom is -0.497 e. The normalized spacial score (nSPS) is 10.4. The molecule has 0 heterocycles. The van der Waals surface area contributed by atoms with Crippen molar-refractivity contribution in [1.82, 2.24) is 31.1 Å². The van der Waals surface area contributed by atoms with E-state index in [9.17, 15) is 28.8 Å². The summed E-state index contributed by atoms with van der Waals surface area (Å²) in [6.45, 7) is 0.103. The number of benzene rings is 6. The van der Waals surface area contributed by atoms with E-state index in [1.807, 2.05) is 109 Å². The first-order chi connectivity index (χ1) is 35.0. The van der Waals surface area contributed by atoms with Crippen molar-refractivity contribution in [3.8, 4) is 23.3 Å². The Labute approximate surface area is 421 Å². The van der Waals surface area contributed by atoms with Gasteiger partial charge in [-0.3, -0.25) is 28.8 Å². The summed E-state index contributed by atoms with van der Waals surface area (Å²) >= 11 is 0. The summed E-state index contributed by atoms with van der Waals surface area (Å²) in [6.07, 6.45) is 2.35. The van der Waals surface area contributed by atoms with Gasteiger partial charge in [0.05, 0.1) is 14.2 Å². The molecule has 0 aliphatic rings. The molecule has 0 unspecified atom stereocenters. The quantitative estimate of drug-likeness (QED) is 0.0582. The summed E-state index contributed by atoms with van der Waals surface area (Å²) in [5.41, 5.74) is 5.85. The standard InChI is InChI=1S/C58H60N6O8/c1-71-51-27-19-47(20-28-51)33-37-61-55(67)41-63(39-53(65)59-35-31-43-9-5-3-6-10-43)57(69)49-23-15-45(16-24-49)13-14-46-17-25-50(26-18-46)58(70)64(40-54(66)60-36-32-44-11-7-4-8-12-44)42-56(68)62-38-34-48-21-29-52(72-2)30-22-48/h3-12,15-30H,31-42H2,1-2H3,(H,59,65)(H,60,66)(H,61,67)(H,62,68). The topological polar surface area (TPSA) is 175 Å². The maximum atomic E-state index is 13.9. The molecule has 0 saturated heterocycles. The third-order valence-corrected chi connectivity index (χ3v) is 11.5. The van der Waals surface area contributed by atoms with E-state index in [-0.39, 0.29) is 37.3 Å². The maximum absolute atomic E-state index is 13.9. The third kappa shape index (κ3) is 17.7. The molecule has 0 atom stereocenters. The van der Waals surface area contributed by atoms with Crippen LogP contribution >= 0.6 is 0 Å². The first-order valence-corrected chi connectivity index (χ1v) is 23.8. The molecule has 72 heavy (non-hydrogen) atoms. The molecule has 0 aromatic heterocycles. The zero-order chi connectivity index (χ0) is 50.9. The zero-order valence-corrected chi connectivity index (χ0v) is 40.7. The number of hydrogen-bond donors (Lipinski definition) is 4. The Bertz CT molecular complexity index is 2590. The number of rotatable bonds is 24. The Kier molecular flexibility index (Phi) is 20.5. The molecule has 6 rings (SSSR count). The molecule has 6 amide bonds. The Morgan fingerprint density at radius 2 is 0.653 bits per heavy atom. The highest BCUT2D eigenvalue weighted by atomic mass is 16.5. The highest BCUT2D eigenvalue weighted by molar-refractivity contribution is 5.99. The van der Waals surface area contributed by atoms with Gasteiger partial charge in [0, 0.05) is 48.4 Å². The number of carbonyl (C=O) groups is 6. The minimum absolute atomic E-state index is 0.270. The first kappa shape index (κ1) is 52.7. The lowest BCUT2D eigenvalue weighted by Crippen LogP contribution is -2.46. The van der Waals surface area contributed by atoms with Crippen LogP contribution in [0.25, 0.3) is 0 Å². The van der Waals surface area contributed by atoms with Gasteiger partial charge in [-0.2, -0.15) is 0 Å². The van der Waals surface area contributed by atoms with Crippen molar-refractivity contribution in [3.05, 3.63) is 202 Å². The van der Waals surface area contributed by atoms with Crippen molar-refractivity contribution in [2.24, 2.45) is 0 Å². The highest BCUT2D eigenvalue weighted by Gasteiger charge is 2.23. The van der Waals surface area contributed by atoms with Crippen molar-refractivity contribution in [3.63, 3.8) is 0 Å². The SMILES string of the molecule is COc1ccc(CCNC(=O)CN(CC(=O)NCCc2ccccc2)C(=O)c2ccc(C#Cc3ccc(C(=O)N(CC(=O)NCCc4ccccc4)CC(=O)NCCc4ccc(OC)cc4)cc3)cc2)cc1. The second kappa shape index (κ2) is 28.1. The molecule has 6 aromatic rings. The van der Waals surface area contributed by atoms with Gasteiger partial charge in [0.2, 0.25) is 23.6 Å². The molecule has 0 spiro atoms. The fourth-order valence-corrected chi connectivity index (χ4v) is 7.48. The van der Waals surface area contributed by atoms with Gasteiger partial charge in [-0.25, -0.2) is 0 Å². The van der Waals surface area contributed by atoms with Crippen molar-refractivity contribution >= 4 is 35.4 Å². The predicted octanol–water partition coefficient (Wildman–Crippen LogP) is 5.42. The number of amides is 6. The van der Waals surface area contributed by atoms with Gasteiger partial charge in [0.1, 0.15) is 37.7 Å². The molecule has 6 aromatic carbocycles. The van der Waals surface area contributed by atoms with Gasteiger partial charge in [-0.15, -0.1) is 0 Å². The van der Waals surface area contributed by atoms with Crippen molar-refractivity contribution in [2.75, 3.05) is 66.6 Å². The molecule has 4 N–H and O–H groups in total. The molecule has 14 nitrogen and oxygen atoms in total. The Morgan fingerprint density at radius 3 is 0.931 bits per heavy atom. The van der Waals surface area contributed by atoms with Crippen LogP contribution < -0.4 is 30.7 Å². The van der Waals surface area contributed by atoms with E-state index in [4.69, 9.17) is 9.47 Å². The molecular weight excluding hydrogens is 909 g/mol. The number of ether oxygens (including phenoxy) is 2. The van der Waals surface area contributed by atoms with E-state index in [0.29, 0.717) is 63.0 Å². The molecule has 0 radical (unpaired) electrons. The van der Waals surface area contributed by atoms with E-state index >= 15 is 0 Å². The van der Waals surface area contributed by atoms with Crippen LogP contribution in [-0.2, 0) is 44.9 Å². The van der Waals surface area contributed by atoms with Gasteiger partial charge in [0.15, 0.2) is 0 Å². The number of nitrogens with zero attached hydrogens (tertiary/aromatic N) is 2. The van der Waals surface area contributed by atoms with Crippen LogP contribution in [0.3, 0.4) is 0 Å². The molecule has 370 valence electrons. The van der Waals surface area contributed by atoms with Gasteiger partial charge in [-0.1, -0.05) is 96.8 Å². The smallest absolute Gasteiger partial charge is 0.254 e. The van der Waals surface area contributed by atoms with Crippen LogP contribution in [-0.4, -0.2) is 112 Å². The number of nitrogens with one attached hydrogen (secondary N) is 4. The van der Waals surface area contributed by atoms with Crippen molar-refractivity contribution in [2.45, 2.75) is 25.7 Å². The summed E-state index contributed by atoms with van der Waals surface area (Å²) in [6, 6.07) is 47.6. The van der Waals surface area contributed by atoms with Crippen LogP contribution in [0.15, 0.2) is 158 Å². The lowest BCUT2D eigenvalue weighted by molar-refractivity contribution is -0.125. The fraction of sp³-hybridized carbons (Fsp3) is 0.241. The fourth-order valence-electron chi connectivity index (χ4n) is 7.48. The summed E-state index contributed by atoms with van der Waals surface area (Å²) in [4.78, 5) is 82.7. The first-order valence-electron chi connectivity index (χ1n) is 23.8. The van der Waals surface area contributed by atoms with Crippen molar-refractivity contribution < 1.29 is 38.2 Å². The van der Waals surface area contributed by atoms with Gasteiger partial charge < -0.3 is 40.5 Å². The van der Waals surface area contributed by atoms with Crippen LogP contribution in [0, 0.1) is 11.8 Å². The van der Waals surface area contributed by atoms with Gasteiger partial charge in [-0.05, 0) is 121 Å². The maximum Gasteiger partial charge on any atom is 0.254 e. The molecule has 0 aliphatic carbocycles. The van der Waals surface area contributed by atoms with Crippen molar-refractivity contribution in [1.29, 1.82) is 0 Å². The van der Waals surface area contributed by atoms with E-state index in [0.717, 1.165) is 33.8 Å². The van der Waals surface area contributed by atoms with Crippen LogP contribution in [0.2, 0.25) is 0 Å². The van der Waals surface area contributed by atoms with Gasteiger partial charge >= 0.3 is 0 Å². The second-order valence-corrected chi connectivity index (χ2v) is 16.8. The third-order valence-electron chi connectivity index (χ3n) is 11.5. The van der Waals surface area contributed by atoms with E-state index in [2.05, 4.69) is 33.1 Å². The van der Waals surface area contributed by atoms with E-state index in [1.165, 1.54) is 9.80 Å². The average Bonchev–Trinajstić information content (AvgIpc) is 3.40. The lowest BCUT2D eigenvalue weighted by atomic mass is 10.1. The summed E-state index contributed by atoms with van der Waals surface area (Å²) < 4.78 is 10.4. The lowest BCUT2D eigenvalue weighted by Gasteiger charge is -2.22. The number of hydrogen-bond acceptors (Lipinski definition) is 8. The monoisotopic (exact) mass is 968 g/mol. The zero-order valence-electron chi connectivity index (χ0n) is 40.7. The highest BCUT2D eigenvalue weighted by Crippen LogP contribution is 2.14.